The molecule has 0 spiro atoms. The quantitative estimate of drug-likeness (QED) is 0.748. The second-order valence-electron chi connectivity index (χ2n) is 3.85. The molecule has 6 nitrogen and oxygen atoms in total. The first-order valence-corrected chi connectivity index (χ1v) is 6.37. The molecule has 0 aliphatic rings. The van der Waals surface area contributed by atoms with Crippen LogP contribution < -0.4 is 5.32 Å². The summed E-state index contributed by atoms with van der Waals surface area (Å²) in [6, 6.07) is 8.68. The number of H-pyrrole nitrogens is 1. The van der Waals surface area contributed by atoms with Crippen LogP contribution in [-0.4, -0.2) is 27.2 Å². The van der Waals surface area contributed by atoms with Crippen molar-refractivity contribution in [1.29, 1.82) is 0 Å². The number of nitrogens with zero attached hydrogens (tertiary/aromatic N) is 1. The molecule has 2 rings (SSSR count). The Kier molecular flexibility index (Phi) is 4.31. The van der Waals surface area contributed by atoms with Gasteiger partial charge in [0.1, 0.15) is 5.69 Å². The van der Waals surface area contributed by atoms with Gasteiger partial charge in [-0.25, -0.2) is 4.79 Å². The van der Waals surface area contributed by atoms with Crippen molar-refractivity contribution in [3.05, 3.63) is 52.1 Å². The van der Waals surface area contributed by atoms with Crippen molar-refractivity contribution in [1.82, 2.24) is 10.2 Å². The fraction of sp³-hybridized carbons (Fsp3) is 0. The Bertz CT molecular complexity index is 662. The minimum absolute atomic E-state index is 0.0859. The van der Waals surface area contributed by atoms with Crippen LogP contribution >= 0.6 is 15.9 Å². The Labute approximate surface area is 122 Å². The number of carbonyl (C=O) groups excluding carboxylic acids is 1. The van der Waals surface area contributed by atoms with Gasteiger partial charge in [0.2, 0.25) is 5.91 Å². The summed E-state index contributed by atoms with van der Waals surface area (Å²) in [5.41, 5.74) is 0.786. The smallest absolute Gasteiger partial charge is 0.353 e. The molecule has 0 radical (unpaired) electrons. The first-order valence-electron chi connectivity index (χ1n) is 5.58. The molecule has 102 valence electrons. The zero-order valence-corrected chi connectivity index (χ0v) is 11.7. The Balaban J connectivity index is 1.97. The Morgan fingerprint density at radius 1 is 1.30 bits per heavy atom. The fourth-order valence-corrected chi connectivity index (χ4v) is 1.67. The maximum absolute atomic E-state index is 11.6. The van der Waals surface area contributed by atoms with Gasteiger partial charge in [0.15, 0.2) is 5.82 Å². The second kappa shape index (κ2) is 6.16. The van der Waals surface area contributed by atoms with E-state index in [9.17, 15) is 9.59 Å². The summed E-state index contributed by atoms with van der Waals surface area (Å²) in [6.45, 7) is 0. The molecule has 0 atom stereocenters. The van der Waals surface area contributed by atoms with E-state index in [0.717, 1.165) is 10.0 Å². The molecule has 1 heterocycles. The lowest BCUT2D eigenvalue weighted by Crippen LogP contribution is -2.07. The van der Waals surface area contributed by atoms with Crippen LogP contribution in [0.25, 0.3) is 6.08 Å². The van der Waals surface area contributed by atoms with Crippen LogP contribution in [0.15, 0.2) is 40.9 Å². The van der Waals surface area contributed by atoms with Crippen LogP contribution in [0.4, 0.5) is 5.82 Å². The standard InChI is InChI=1S/C13H10BrN3O3/c14-9-4-1-8(2-5-9)3-6-12(18)15-11-7-10(13(19)20)16-17-11/h1-7H,(H,19,20)(H2,15,16,17,18). The highest BCUT2D eigenvalue weighted by atomic mass is 79.9. The van der Waals surface area contributed by atoms with Crippen molar-refractivity contribution < 1.29 is 14.7 Å². The summed E-state index contributed by atoms with van der Waals surface area (Å²) >= 11 is 3.32. The summed E-state index contributed by atoms with van der Waals surface area (Å²) in [5.74, 6) is -1.37. The molecule has 2 aromatic rings. The minimum atomic E-state index is -1.14. The van der Waals surface area contributed by atoms with Crippen LogP contribution in [0, 0.1) is 0 Å². The van der Waals surface area contributed by atoms with Crippen LogP contribution in [0.2, 0.25) is 0 Å². The van der Waals surface area contributed by atoms with E-state index in [1.807, 2.05) is 24.3 Å². The number of anilines is 1. The number of amides is 1. The molecule has 20 heavy (non-hydrogen) atoms. The summed E-state index contributed by atoms with van der Waals surface area (Å²) in [7, 11) is 0. The zero-order chi connectivity index (χ0) is 14.5. The average molecular weight is 336 g/mol. The van der Waals surface area contributed by atoms with E-state index < -0.39 is 11.9 Å². The van der Waals surface area contributed by atoms with Crippen molar-refractivity contribution in [3.63, 3.8) is 0 Å². The van der Waals surface area contributed by atoms with E-state index in [1.165, 1.54) is 12.1 Å². The van der Waals surface area contributed by atoms with Crippen LogP contribution in [0.1, 0.15) is 16.1 Å². The Morgan fingerprint density at radius 2 is 2.00 bits per heavy atom. The first kappa shape index (κ1) is 14.0. The first-order chi connectivity index (χ1) is 9.54. The van der Waals surface area contributed by atoms with Crippen LogP contribution in [-0.2, 0) is 4.79 Å². The third-order valence-electron chi connectivity index (χ3n) is 2.36. The number of carbonyl (C=O) groups is 2. The van der Waals surface area contributed by atoms with Gasteiger partial charge >= 0.3 is 5.97 Å². The van der Waals surface area contributed by atoms with Crippen molar-refractivity contribution >= 4 is 39.7 Å². The van der Waals surface area contributed by atoms with Crippen molar-refractivity contribution in [3.8, 4) is 0 Å². The molecule has 0 aliphatic heterocycles. The number of carboxylic acid groups (broad SMARTS) is 1. The molecule has 0 saturated heterocycles. The van der Waals surface area contributed by atoms with Gasteiger partial charge in [-0.2, -0.15) is 5.10 Å². The highest BCUT2D eigenvalue weighted by molar-refractivity contribution is 9.10. The predicted molar refractivity (Wildman–Crippen MR) is 77.4 cm³/mol. The molecular formula is C13H10BrN3O3. The largest absolute Gasteiger partial charge is 0.477 e. The minimum Gasteiger partial charge on any atom is -0.477 e. The summed E-state index contributed by atoms with van der Waals surface area (Å²) in [5, 5.41) is 17.1. The van der Waals surface area contributed by atoms with Gasteiger partial charge in [-0.05, 0) is 23.8 Å². The molecule has 0 unspecified atom stereocenters. The molecule has 0 bridgehead atoms. The molecule has 0 saturated carbocycles. The number of halogens is 1. The number of hydrogen-bond acceptors (Lipinski definition) is 3. The average Bonchev–Trinajstić information content (AvgIpc) is 2.87. The molecule has 0 aliphatic carbocycles. The number of nitrogens with one attached hydrogen (secondary N) is 2. The Hall–Kier alpha value is -2.41. The lowest BCUT2D eigenvalue weighted by molar-refractivity contribution is -0.111. The molecule has 1 amide bonds. The fourth-order valence-electron chi connectivity index (χ4n) is 1.41. The van der Waals surface area contributed by atoms with Crippen molar-refractivity contribution in [2.75, 3.05) is 5.32 Å². The molecule has 1 aromatic heterocycles. The number of carboxylic acids is 1. The van der Waals surface area contributed by atoms with E-state index in [4.69, 9.17) is 5.11 Å². The van der Waals surface area contributed by atoms with Gasteiger partial charge in [-0.1, -0.05) is 28.1 Å². The predicted octanol–water partition coefficient (Wildman–Crippen LogP) is 2.52. The summed E-state index contributed by atoms with van der Waals surface area (Å²) < 4.78 is 0.955. The van der Waals surface area contributed by atoms with Crippen LogP contribution in [0.3, 0.4) is 0 Å². The van der Waals surface area contributed by atoms with Gasteiger partial charge < -0.3 is 10.4 Å². The van der Waals surface area contributed by atoms with Gasteiger partial charge in [0.25, 0.3) is 0 Å². The van der Waals surface area contributed by atoms with E-state index in [2.05, 4.69) is 31.4 Å². The molecule has 7 heteroatoms. The van der Waals surface area contributed by atoms with Gasteiger partial charge in [-0.15, -0.1) is 0 Å². The van der Waals surface area contributed by atoms with Crippen LogP contribution in [0.5, 0.6) is 0 Å². The normalized spacial score (nSPS) is 10.7. The van der Waals surface area contributed by atoms with Gasteiger partial charge in [0.05, 0.1) is 0 Å². The molecular weight excluding hydrogens is 326 g/mol. The van der Waals surface area contributed by atoms with Gasteiger partial charge in [-0.3, -0.25) is 9.89 Å². The lowest BCUT2D eigenvalue weighted by atomic mass is 10.2. The molecule has 0 fully saturated rings. The van der Waals surface area contributed by atoms with E-state index >= 15 is 0 Å². The molecule has 3 N–H and O–H groups in total. The maximum atomic E-state index is 11.6. The second-order valence-corrected chi connectivity index (χ2v) is 4.76. The third kappa shape index (κ3) is 3.79. The number of rotatable bonds is 4. The van der Waals surface area contributed by atoms with Gasteiger partial charge in [0, 0.05) is 16.6 Å². The topological polar surface area (TPSA) is 95.1 Å². The Morgan fingerprint density at radius 3 is 2.60 bits per heavy atom. The zero-order valence-electron chi connectivity index (χ0n) is 10.1. The lowest BCUT2D eigenvalue weighted by Gasteiger charge is -1.96. The van der Waals surface area contributed by atoms with Crippen molar-refractivity contribution in [2.45, 2.75) is 0 Å². The van der Waals surface area contributed by atoms with E-state index in [1.54, 1.807) is 6.08 Å². The number of hydrogen-bond donors (Lipinski definition) is 3. The molecule has 1 aromatic carbocycles. The summed E-state index contributed by atoms with van der Waals surface area (Å²) in [6.07, 6.45) is 2.99. The SMILES string of the molecule is O=C(C=Cc1ccc(Br)cc1)Nc1cc(C(=O)O)[nH]n1. The maximum Gasteiger partial charge on any atom is 0.353 e. The van der Waals surface area contributed by atoms with E-state index in [0.29, 0.717) is 0 Å². The highest BCUT2D eigenvalue weighted by Gasteiger charge is 2.08. The number of aromatic nitrogens is 2. The monoisotopic (exact) mass is 335 g/mol. The third-order valence-corrected chi connectivity index (χ3v) is 2.89. The number of aromatic carboxylic acids is 1. The number of benzene rings is 1. The highest BCUT2D eigenvalue weighted by Crippen LogP contribution is 2.11. The number of aromatic amines is 1. The van der Waals surface area contributed by atoms with Crippen molar-refractivity contribution in [2.24, 2.45) is 0 Å². The summed E-state index contributed by atoms with van der Waals surface area (Å²) in [4.78, 5) is 22.3. The van der Waals surface area contributed by atoms with E-state index in [-0.39, 0.29) is 11.5 Å².